The normalized spacial score (nSPS) is 14.5. The molecule has 0 spiro atoms. The average Bonchev–Trinajstić information content (AvgIpc) is 2.88. The Bertz CT molecular complexity index is 1140. The van der Waals surface area contributed by atoms with E-state index in [9.17, 15) is 9.90 Å². The molecule has 0 radical (unpaired) electrons. The third-order valence-electron chi connectivity index (χ3n) is 5.47. The lowest BCUT2D eigenvalue weighted by Gasteiger charge is -2.35. The number of carbonyl (C=O) groups excluding carboxylic acids is 1. The molecule has 1 aliphatic rings. The smallest absolute Gasteiger partial charge is 0.254 e. The molecule has 4 rings (SSSR count). The van der Waals surface area contributed by atoms with Crippen LogP contribution in [0.15, 0.2) is 79.1 Å². The Kier molecular flexibility index (Phi) is 6.99. The van der Waals surface area contributed by atoms with Crippen LogP contribution in [0.1, 0.15) is 11.1 Å². The zero-order valence-electron chi connectivity index (χ0n) is 18.5. The second-order valence-corrected chi connectivity index (χ2v) is 7.56. The van der Waals surface area contributed by atoms with Crippen molar-refractivity contribution in [2.24, 2.45) is 0 Å². The van der Waals surface area contributed by atoms with E-state index in [1.54, 1.807) is 36.7 Å². The standard InChI is InChI=1S/C26H26N4O3/c1-33-24-19-21(11-12-23(24)31)22(10-5-9-20-7-3-2-4-8-20)25(32)29-15-17-30(18-16-29)26-27-13-6-14-28-26/h2-14,19,31H,15-18H2,1H3/b9-5+,22-10+. The van der Waals surface area contributed by atoms with Crippen LogP contribution in [0, 0.1) is 0 Å². The number of benzene rings is 2. The van der Waals surface area contributed by atoms with E-state index >= 15 is 0 Å². The molecule has 1 amide bonds. The monoisotopic (exact) mass is 442 g/mol. The molecule has 0 unspecified atom stereocenters. The Hall–Kier alpha value is -4.13. The summed E-state index contributed by atoms with van der Waals surface area (Å²) in [5.74, 6) is 0.956. The number of ether oxygens (including phenoxy) is 1. The zero-order chi connectivity index (χ0) is 23.0. The van der Waals surface area contributed by atoms with Gasteiger partial charge in [0.25, 0.3) is 5.91 Å². The van der Waals surface area contributed by atoms with Crippen molar-refractivity contribution in [2.75, 3.05) is 38.2 Å². The largest absolute Gasteiger partial charge is 0.504 e. The highest BCUT2D eigenvalue weighted by Crippen LogP contribution is 2.30. The van der Waals surface area contributed by atoms with Crippen molar-refractivity contribution in [1.29, 1.82) is 0 Å². The van der Waals surface area contributed by atoms with Crippen LogP contribution in [0.4, 0.5) is 5.95 Å². The van der Waals surface area contributed by atoms with Crippen LogP contribution in [0.2, 0.25) is 0 Å². The van der Waals surface area contributed by atoms with Crippen molar-refractivity contribution in [2.45, 2.75) is 0 Å². The van der Waals surface area contributed by atoms with Gasteiger partial charge in [0, 0.05) is 44.1 Å². The number of rotatable bonds is 6. The number of methoxy groups -OCH3 is 1. The van der Waals surface area contributed by atoms with Crippen LogP contribution in [-0.2, 0) is 4.79 Å². The van der Waals surface area contributed by atoms with Gasteiger partial charge in [0.2, 0.25) is 5.95 Å². The molecule has 168 valence electrons. The third kappa shape index (κ3) is 5.38. The molecule has 33 heavy (non-hydrogen) atoms. The number of allylic oxidation sites excluding steroid dienone is 2. The van der Waals surface area contributed by atoms with Crippen molar-refractivity contribution in [3.05, 3.63) is 90.3 Å². The number of hydrogen-bond acceptors (Lipinski definition) is 6. The Morgan fingerprint density at radius 3 is 2.42 bits per heavy atom. The lowest BCUT2D eigenvalue weighted by Crippen LogP contribution is -2.49. The molecular weight excluding hydrogens is 416 g/mol. The van der Waals surface area contributed by atoms with E-state index in [0.717, 1.165) is 5.56 Å². The van der Waals surface area contributed by atoms with E-state index in [4.69, 9.17) is 4.74 Å². The fourth-order valence-corrected chi connectivity index (χ4v) is 3.69. The summed E-state index contributed by atoms with van der Waals surface area (Å²) in [5, 5.41) is 10.00. The summed E-state index contributed by atoms with van der Waals surface area (Å²) in [4.78, 5) is 26.1. The predicted octanol–water partition coefficient (Wildman–Crippen LogP) is 3.64. The van der Waals surface area contributed by atoms with Crippen LogP contribution < -0.4 is 9.64 Å². The van der Waals surface area contributed by atoms with Crippen molar-refractivity contribution in [1.82, 2.24) is 14.9 Å². The molecule has 1 aliphatic heterocycles. The lowest BCUT2D eigenvalue weighted by molar-refractivity contribution is -0.125. The number of nitrogens with zero attached hydrogens (tertiary/aromatic N) is 4. The minimum Gasteiger partial charge on any atom is -0.504 e. The van der Waals surface area contributed by atoms with E-state index in [0.29, 0.717) is 49.0 Å². The SMILES string of the molecule is COc1cc(/C(=C\C=C\c2ccccc2)C(=O)N2CCN(c3ncccn3)CC2)ccc1O. The van der Waals surface area contributed by atoms with Crippen LogP contribution in [-0.4, -0.2) is 59.2 Å². The van der Waals surface area contributed by atoms with E-state index in [2.05, 4.69) is 14.9 Å². The van der Waals surface area contributed by atoms with Gasteiger partial charge in [0.1, 0.15) is 0 Å². The summed E-state index contributed by atoms with van der Waals surface area (Å²) in [5.41, 5.74) is 2.26. The first-order chi connectivity index (χ1) is 16.2. The number of hydrogen-bond donors (Lipinski definition) is 1. The minimum atomic E-state index is -0.0749. The maximum Gasteiger partial charge on any atom is 0.254 e. The van der Waals surface area contributed by atoms with Crippen molar-refractivity contribution >= 4 is 23.5 Å². The first kappa shape index (κ1) is 22.1. The highest BCUT2D eigenvalue weighted by Gasteiger charge is 2.25. The summed E-state index contributed by atoms with van der Waals surface area (Å²) in [7, 11) is 1.49. The summed E-state index contributed by atoms with van der Waals surface area (Å²) in [6.07, 6.45) is 9.08. The second kappa shape index (κ2) is 10.5. The molecular formula is C26H26N4O3. The van der Waals surface area contributed by atoms with Crippen LogP contribution in [0.5, 0.6) is 11.5 Å². The quantitative estimate of drug-likeness (QED) is 0.464. The molecule has 3 aromatic rings. The third-order valence-corrected chi connectivity index (χ3v) is 5.47. The maximum absolute atomic E-state index is 13.5. The average molecular weight is 443 g/mol. The van der Waals surface area contributed by atoms with Gasteiger partial charge in [-0.2, -0.15) is 0 Å². The van der Waals surface area contributed by atoms with Gasteiger partial charge in [0.05, 0.1) is 7.11 Å². The molecule has 1 N–H and O–H groups in total. The number of piperazine rings is 1. The van der Waals surface area contributed by atoms with Crippen molar-refractivity contribution < 1.29 is 14.6 Å². The van der Waals surface area contributed by atoms with E-state index < -0.39 is 0 Å². The molecule has 7 heteroatoms. The fraction of sp³-hybridized carbons (Fsp3) is 0.192. The van der Waals surface area contributed by atoms with Gasteiger partial charge in [0.15, 0.2) is 11.5 Å². The molecule has 1 aromatic heterocycles. The Morgan fingerprint density at radius 1 is 1.00 bits per heavy atom. The fourth-order valence-electron chi connectivity index (χ4n) is 3.69. The maximum atomic E-state index is 13.5. The molecule has 0 bridgehead atoms. The van der Waals surface area contributed by atoms with Crippen LogP contribution >= 0.6 is 0 Å². The van der Waals surface area contributed by atoms with Gasteiger partial charge in [-0.3, -0.25) is 4.79 Å². The molecule has 1 saturated heterocycles. The number of amides is 1. The molecule has 0 aliphatic carbocycles. The van der Waals surface area contributed by atoms with Gasteiger partial charge < -0.3 is 19.6 Å². The highest BCUT2D eigenvalue weighted by atomic mass is 16.5. The van der Waals surface area contributed by atoms with Gasteiger partial charge in [-0.05, 0) is 35.4 Å². The van der Waals surface area contributed by atoms with Gasteiger partial charge in [-0.25, -0.2) is 9.97 Å². The Morgan fingerprint density at radius 2 is 1.73 bits per heavy atom. The number of anilines is 1. The molecule has 2 heterocycles. The van der Waals surface area contributed by atoms with Crippen molar-refractivity contribution in [3.63, 3.8) is 0 Å². The zero-order valence-corrected chi connectivity index (χ0v) is 18.5. The van der Waals surface area contributed by atoms with E-state index in [-0.39, 0.29) is 11.7 Å². The molecule has 7 nitrogen and oxygen atoms in total. The van der Waals surface area contributed by atoms with Gasteiger partial charge in [-0.15, -0.1) is 0 Å². The molecule has 1 fully saturated rings. The summed E-state index contributed by atoms with van der Waals surface area (Å²) < 4.78 is 5.26. The van der Waals surface area contributed by atoms with Crippen LogP contribution in [0.25, 0.3) is 11.6 Å². The number of aromatic hydroxyl groups is 1. The van der Waals surface area contributed by atoms with Gasteiger partial charge in [-0.1, -0.05) is 48.6 Å². The first-order valence-electron chi connectivity index (χ1n) is 10.8. The number of phenols is 1. The number of phenolic OH excluding ortho intramolecular Hbond substituents is 1. The van der Waals surface area contributed by atoms with Gasteiger partial charge >= 0.3 is 0 Å². The van der Waals surface area contributed by atoms with E-state index in [1.807, 2.05) is 53.5 Å². The molecule has 0 atom stereocenters. The predicted molar refractivity (Wildman–Crippen MR) is 129 cm³/mol. The molecule has 0 saturated carbocycles. The Balaban J connectivity index is 1.57. The summed E-state index contributed by atoms with van der Waals surface area (Å²) in [6.45, 7) is 2.43. The van der Waals surface area contributed by atoms with Crippen LogP contribution in [0.3, 0.4) is 0 Å². The highest BCUT2D eigenvalue weighted by molar-refractivity contribution is 6.20. The summed E-state index contributed by atoms with van der Waals surface area (Å²) >= 11 is 0. The molecule has 2 aromatic carbocycles. The first-order valence-corrected chi connectivity index (χ1v) is 10.8. The van der Waals surface area contributed by atoms with Crippen molar-refractivity contribution in [3.8, 4) is 11.5 Å². The second-order valence-electron chi connectivity index (χ2n) is 7.56. The minimum absolute atomic E-state index is 0.0318. The Labute approximate surface area is 193 Å². The summed E-state index contributed by atoms with van der Waals surface area (Å²) in [6, 6.07) is 16.6. The van der Waals surface area contributed by atoms with E-state index in [1.165, 1.54) is 7.11 Å². The number of carbonyl (C=O) groups is 1. The number of aromatic nitrogens is 2. The lowest BCUT2D eigenvalue weighted by atomic mass is 10.0. The topological polar surface area (TPSA) is 78.8 Å².